The van der Waals surface area contributed by atoms with Crippen LogP contribution in [0.3, 0.4) is 0 Å². The highest BCUT2D eigenvalue weighted by molar-refractivity contribution is 5.95. The summed E-state index contributed by atoms with van der Waals surface area (Å²) in [6, 6.07) is 10.5. The lowest BCUT2D eigenvalue weighted by atomic mass is 10.2. The Hall–Kier alpha value is -3.48. The van der Waals surface area contributed by atoms with E-state index in [0.29, 0.717) is 17.8 Å². The second-order valence-electron chi connectivity index (χ2n) is 5.44. The number of amides is 2. The third kappa shape index (κ3) is 4.29. The van der Waals surface area contributed by atoms with Crippen molar-refractivity contribution >= 4 is 17.5 Å². The average molecular weight is 335 g/mol. The van der Waals surface area contributed by atoms with Gasteiger partial charge in [0.2, 0.25) is 5.91 Å². The number of carbonyl (C=O) groups is 2. The minimum absolute atomic E-state index is 0.149. The van der Waals surface area contributed by atoms with Gasteiger partial charge in [-0.3, -0.25) is 14.2 Å². The molecule has 7 nitrogen and oxygen atoms in total. The summed E-state index contributed by atoms with van der Waals surface area (Å²) in [6.45, 7) is 1.82. The summed E-state index contributed by atoms with van der Waals surface area (Å²) in [6.07, 6.45) is 6.89. The second-order valence-corrected chi connectivity index (χ2v) is 5.44. The lowest BCUT2D eigenvalue weighted by Crippen LogP contribution is -2.22. The molecule has 0 atom stereocenters. The predicted octanol–water partition coefficient (Wildman–Crippen LogP) is 2.16. The third-order valence-electron chi connectivity index (χ3n) is 3.50. The summed E-state index contributed by atoms with van der Waals surface area (Å²) in [5, 5.41) is 5.50. The molecule has 0 saturated heterocycles. The molecule has 0 bridgehead atoms. The van der Waals surface area contributed by atoms with Gasteiger partial charge < -0.3 is 10.6 Å². The monoisotopic (exact) mass is 335 g/mol. The Morgan fingerprint density at radius 1 is 1.12 bits per heavy atom. The number of nitrogens with zero attached hydrogens (tertiary/aromatic N) is 3. The Morgan fingerprint density at radius 2 is 1.92 bits per heavy atom. The minimum atomic E-state index is -0.187. The Balaban J connectivity index is 1.57. The molecule has 126 valence electrons. The lowest BCUT2D eigenvalue weighted by Gasteiger charge is -2.07. The van der Waals surface area contributed by atoms with Crippen molar-refractivity contribution in [3.63, 3.8) is 0 Å². The number of benzene rings is 1. The van der Waals surface area contributed by atoms with Gasteiger partial charge in [-0.05, 0) is 35.9 Å². The fourth-order valence-electron chi connectivity index (χ4n) is 2.26. The fourth-order valence-corrected chi connectivity index (χ4v) is 2.26. The maximum Gasteiger partial charge on any atom is 0.251 e. The van der Waals surface area contributed by atoms with E-state index < -0.39 is 0 Å². The molecule has 0 spiro atoms. The van der Waals surface area contributed by atoms with Crippen LogP contribution in [-0.4, -0.2) is 26.3 Å². The van der Waals surface area contributed by atoms with Gasteiger partial charge in [0, 0.05) is 43.3 Å². The van der Waals surface area contributed by atoms with E-state index in [2.05, 4.69) is 20.6 Å². The summed E-state index contributed by atoms with van der Waals surface area (Å²) in [5.74, 6) is 0.429. The molecule has 1 aromatic carbocycles. The van der Waals surface area contributed by atoms with Crippen molar-refractivity contribution in [2.75, 3.05) is 5.32 Å². The van der Waals surface area contributed by atoms with Crippen LogP contribution in [0.15, 0.2) is 61.3 Å². The van der Waals surface area contributed by atoms with Crippen molar-refractivity contribution in [2.24, 2.45) is 0 Å². The molecule has 0 fully saturated rings. The van der Waals surface area contributed by atoms with Gasteiger partial charge >= 0.3 is 0 Å². The molecule has 0 aliphatic carbocycles. The number of carbonyl (C=O) groups excluding carboxylic acids is 2. The first-order valence-electron chi connectivity index (χ1n) is 7.71. The van der Waals surface area contributed by atoms with E-state index in [-0.39, 0.29) is 11.8 Å². The quantitative estimate of drug-likeness (QED) is 0.748. The van der Waals surface area contributed by atoms with Crippen LogP contribution in [0.1, 0.15) is 22.8 Å². The summed E-state index contributed by atoms with van der Waals surface area (Å²) >= 11 is 0. The second kappa shape index (κ2) is 7.39. The molecule has 0 saturated carbocycles. The van der Waals surface area contributed by atoms with Crippen LogP contribution in [0, 0.1) is 0 Å². The summed E-state index contributed by atoms with van der Waals surface area (Å²) in [5.41, 5.74) is 2.08. The third-order valence-corrected chi connectivity index (χ3v) is 3.50. The molecule has 2 heterocycles. The highest BCUT2D eigenvalue weighted by atomic mass is 16.2. The van der Waals surface area contributed by atoms with E-state index in [1.807, 2.05) is 18.3 Å². The van der Waals surface area contributed by atoms with Crippen LogP contribution < -0.4 is 10.6 Å². The Labute approximate surface area is 144 Å². The first kappa shape index (κ1) is 16.4. The molecule has 3 rings (SSSR count). The Kier molecular flexibility index (Phi) is 4.84. The van der Waals surface area contributed by atoms with E-state index in [0.717, 1.165) is 11.4 Å². The zero-order valence-corrected chi connectivity index (χ0v) is 13.6. The van der Waals surface area contributed by atoms with E-state index >= 15 is 0 Å². The molecule has 0 aliphatic rings. The molecule has 2 amide bonds. The average Bonchev–Trinajstić information content (AvgIpc) is 3.15. The Morgan fingerprint density at radius 3 is 2.52 bits per heavy atom. The number of hydrogen-bond donors (Lipinski definition) is 2. The highest BCUT2D eigenvalue weighted by Gasteiger charge is 2.06. The van der Waals surface area contributed by atoms with Crippen LogP contribution in [0.4, 0.5) is 5.69 Å². The van der Waals surface area contributed by atoms with Crippen LogP contribution in [-0.2, 0) is 11.3 Å². The van der Waals surface area contributed by atoms with Crippen molar-refractivity contribution in [1.29, 1.82) is 0 Å². The number of imidazole rings is 1. The number of aromatic nitrogens is 3. The molecule has 0 radical (unpaired) electrons. The fraction of sp³-hybridized carbons (Fsp3) is 0.111. The molecule has 7 heteroatoms. The van der Waals surface area contributed by atoms with Crippen LogP contribution in [0.5, 0.6) is 0 Å². The SMILES string of the molecule is CC(=O)Nc1ccc(C(=O)NCc2ccc(-n3ccnc3)nc2)cc1. The maximum absolute atomic E-state index is 12.2. The molecular formula is C18H17N5O2. The van der Waals surface area contributed by atoms with E-state index in [9.17, 15) is 9.59 Å². The largest absolute Gasteiger partial charge is 0.348 e. The molecule has 2 aromatic heterocycles. The lowest BCUT2D eigenvalue weighted by molar-refractivity contribution is -0.114. The normalized spacial score (nSPS) is 10.3. The van der Waals surface area contributed by atoms with Crippen molar-refractivity contribution < 1.29 is 9.59 Å². The van der Waals surface area contributed by atoms with Gasteiger partial charge in [-0.15, -0.1) is 0 Å². The van der Waals surface area contributed by atoms with Crippen molar-refractivity contribution in [3.8, 4) is 5.82 Å². The standard InChI is InChI=1S/C18H17N5O2/c1-13(24)22-16-5-3-15(4-6-16)18(25)21-11-14-2-7-17(20-10-14)23-9-8-19-12-23/h2-10,12H,11H2,1H3,(H,21,25)(H,22,24). The minimum Gasteiger partial charge on any atom is -0.348 e. The molecular weight excluding hydrogens is 318 g/mol. The summed E-state index contributed by atoms with van der Waals surface area (Å²) in [4.78, 5) is 31.5. The van der Waals surface area contributed by atoms with Gasteiger partial charge in [-0.2, -0.15) is 0 Å². The highest BCUT2D eigenvalue weighted by Crippen LogP contribution is 2.10. The van der Waals surface area contributed by atoms with Crippen molar-refractivity contribution in [3.05, 3.63) is 72.4 Å². The number of anilines is 1. The van der Waals surface area contributed by atoms with Gasteiger partial charge in [0.05, 0.1) is 0 Å². The Bertz CT molecular complexity index is 855. The zero-order chi connectivity index (χ0) is 17.6. The van der Waals surface area contributed by atoms with E-state index in [1.165, 1.54) is 6.92 Å². The number of nitrogens with one attached hydrogen (secondary N) is 2. The van der Waals surface area contributed by atoms with E-state index in [4.69, 9.17) is 0 Å². The molecule has 25 heavy (non-hydrogen) atoms. The first-order valence-corrected chi connectivity index (χ1v) is 7.71. The maximum atomic E-state index is 12.2. The smallest absolute Gasteiger partial charge is 0.251 e. The number of rotatable bonds is 5. The van der Waals surface area contributed by atoms with Gasteiger partial charge in [0.15, 0.2) is 0 Å². The topological polar surface area (TPSA) is 88.9 Å². The predicted molar refractivity (Wildman–Crippen MR) is 93.3 cm³/mol. The molecule has 0 unspecified atom stereocenters. The number of pyridine rings is 1. The van der Waals surface area contributed by atoms with Gasteiger partial charge in [0.1, 0.15) is 12.1 Å². The number of hydrogen-bond acceptors (Lipinski definition) is 4. The van der Waals surface area contributed by atoms with Crippen molar-refractivity contribution in [1.82, 2.24) is 19.9 Å². The van der Waals surface area contributed by atoms with Crippen molar-refractivity contribution in [2.45, 2.75) is 13.5 Å². The van der Waals surface area contributed by atoms with E-state index in [1.54, 1.807) is 47.6 Å². The summed E-state index contributed by atoms with van der Waals surface area (Å²) in [7, 11) is 0. The van der Waals surface area contributed by atoms with Crippen LogP contribution in [0.25, 0.3) is 5.82 Å². The molecule has 0 aliphatic heterocycles. The van der Waals surface area contributed by atoms with Gasteiger partial charge in [0.25, 0.3) is 5.91 Å². The first-order chi connectivity index (χ1) is 12.1. The summed E-state index contributed by atoms with van der Waals surface area (Å²) < 4.78 is 1.80. The van der Waals surface area contributed by atoms with Gasteiger partial charge in [-0.1, -0.05) is 6.07 Å². The molecule has 3 aromatic rings. The van der Waals surface area contributed by atoms with Gasteiger partial charge in [-0.25, -0.2) is 9.97 Å². The van der Waals surface area contributed by atoms with Crippen LogP contribution in [0.2, 0.25) is 0 Å². The zero-order valence-electron chi connectivity index (χ0n) is 13.6. The van der Waals surface area contributed by atoms with Crippen LogP contribution >= 0.6 is 0 Å². The molecule has 2 N–H and O–H groups in total.